The van der Waals surface area contributed by atoms with Gasteiger partial charge in [0, 0.05) is 49.5 Å². The Morgan fingerprint density at radius 1 is 1.22 bits per heavy atom. The molecule has 0 radical (unpaired) electrons. The monoisotopic (exact) mass is 506 g/mol. The number of anilines is 1. The Labute approximate surface area is 215 Å². The van der Waals surface area contributed by atoms with E-state index >= 15 is 0 Å². The summed E-state index contributed by atoms with van der Waals surface area (Å²) >= 11 is 1.74. The molecule has 2 fully saturated rings. The number of H-pyrrole nitrogens is 1. The molecule has 4 aromatic rings. The number of ether oxygens (including phenoxy) is 1. The van der Waals surface area contributed by atoms with Gasteiger partial charge >= 0.3 is 0 Å². The second kappa shape index (κ2) is 9.48. The molecule has 9 nitrogen and oxygen atoms in total. The molecule has 1 atom stereocenters. The molecule has 0 amide bonds. The number of rotatable bonds is 7. The van der Waals surface area contributed by atoms with Crippen molar-refractivity contribution in [2.24, 2.45) is 5.92 Å². The summed E-state index contributed by atoms with van der Waals surface area (Å²) in [6, 6.07) is 2.47. The zero-order valence-electron chi connectivity index (χ0n) is 21.4. The third kappa shape index (κ3) is 4.16. The molecule has 1 N–H and O–H groups in total. The summed E-state index contributed by atoms with van der Waals surface area (Å²) in [4.78, 5) is 14.3. The summed E-state index contributed by atoms with van der Waals surface area (Å²) in [5, 5.41) is 14.5. The van der Waals surface area contributed by atoms with E-state index in [4.69, 9.17) is 14.8 Å². The van der Waals surface area contributed by atoms with Gasteiger partial charge in [0.05, 0.1) is 19.0 Å². The van der Waals surface area contributed by atoms with Gasteiger partial charge in [0.25, 0.3) is 0 Å². The number of pyridine rings is 1. The maximum absolute atomic E-state index is 5.58. The highest BCUT2D eigenvalue weighted by molar-refractivity contribution is 7.18. The lowest BCUT2D eigenvalue weighted by atomic mass is 9.85. The molecule has 10 heteroatoms. The van der Waals surface area contributed by atoms with Crippen LogP contribution in [0.2, 0.25) is 0 Å². The number of piperazine rings is 1. The van der Waals surface area contributed by atoms with Crippen LogP contribution in [0.25, 0.3) is 27.6 Å². The van der Waals surface area contributed by atoms with Gasteiger partial charge < -0.3 is 9.64 Å². The van der Waals surface area contributed by atoms with E-state index in [-0.39, 0.29) is 5.92 Å². The maximum Gasteiger partial charge on any atom is 0.197 e. The van der Waals surface area contributed by atoms with Gasteiger partial charge in [0.15, 0.2) is 11.4 Å². The molecule has 1 unspecified atom stereocenters. The molecule has 1 saturated carbocycles. The number of hydrogen-bond donors (Lipinski definition) is 1. The molecule has 0 aromatic carbocycles. The Morgan fingerprint density at radius 2 is 2.08 bits per heavy atom. The molecule has 2 aliphatic rings. The van der Waals surface area contributed by atoms with Crippen molar-refractivity contribution in [3.63, 3.8) is 0 Å². The van der Waals surface area contributed by atoms with Gasteiger partial charge in [-0.15, -0.1) is 0 Å². The second-order valence-electron chi connectivity index (χ2n) is 10.4. The lowest BCUT2D eigenvalue weighted by Crippen LogP contribution is -2.53. The predicted octanol–water partition coefficient (Wildman–Crippen LogP) is 4.69. The van der Waals surface area contributed by atoms with Gasteiger partial charge in [-0.2, -0.15) is 10.2 Å². The second-order valence-corrected chi connectivity index (χ2v) is 11.5. The van der Waals surface area contributed by atoms with Crippen LogP contribution in [0.3, 0.4) is 0 Å². The van der Waals surface area contributed by atoms with E-state index in [9.17, 15) is 0 Å². The summed E-state index contributed by atoms with van der Waals surface area (Å²) in [6.07, 6.45) is 9.77. The topological polar surface area (TPSA) is 87.5 Å². The zero-order valence-corrected chi connectivity index (χ0v) is 22.3. The number of hydrogen-bond acceptors (Lipinski definition) is 8. The Kier molecular flexibility index (Phi) is 6.17. The van der Waals surface area contributed by atoms with E-state index in [2.05, 4.69) is 45.8 Å². The molecular formula is C26H34N8OS. The standard InChI is InChI=1S/C26H34N8OS/c1-16(2)22-23(19-10-20(35-4)25-28-15-29-34(25)14-19)30-31-24(22)26-27-11-21(36-26)33-9-8-32(12-17(33)3)13-18-6-5-7-18/h10-11,14-18H,5-9,12-13H2,1-4H3,(H,30,31). The summed E-state index contributed by atoms with van der Waals surface area (Å²) in [7, 11) is 1.65. The Balaban J connectivity index is 1.27. The van der Waals surface area contributed by atoms with Gasteiger partial charge in [0.1, 0.15) is 22.0 Å². The lowest BCUT2D eigenvalue weighted by Gasteiger charge is -2.42. The number of aromatic amines is 1. The molecule has 190 valence electrons. The van der Waals surface area contributed by atoms with E-state index in [1.54, 1.807) is 23.0 Å². The molecule has 5 heterocycles. The van der Waals surface area contributed by atoms with Crippen molar-refractivity contribution in [1.82, 2.24) is 34.7 Å². The molecule has 4 aromatic heterocycles. The van der Waals surface area contributed by atoms with Gasteiger partial charge in [-0.3, -0.25) is 10.00 Å². The highest BCUT2D eigenvalue weighted by Crippen LogP contribution is 2.40. The molecule has 6 rings (SSSR count). The Bertz CT molecular complexity index is 1350. The van der Waals surface area contributed by atoms with Crippen LogP contribution < -0.4 is 9.64 Å². The first-order valence-corrected chi connectivity index (χ1v) is 13.7. The summed E-state index contributed by atoms with van der Waals surface area (Å²) in [5.41, 5.74) is 4.69. The van der Waals surface area contributed by atoms with E-state index < -0.39 is 0 Å². The average molecular weight is 507 g/mol. The number of fused-ring (bicyclic) bond motifs is 1. The predicted molar refractivity (Wildman–Crippen MR) is 143 cm³/mol. The number of nitrogens with zero attached hydrogens (tertiary/aromatic N) is 7. The Morgan fingerprint density at radius 3 is 2.81 bits per heavy atom. The van der Waals surface area contributed by atoms with Crippen molar-refractivity contribution in [2.45, 2.75) is 52.0 Å². The van der Waals surface area contributed by atoms with Crippen LogP contribution in [0, 0.1) is 5.92 Å². The third-order valence-electron chi connectivity index (χ3n) is 7.66. The van der Waals surface area contributed by atoms with E-state index in [0.717, 1.165) is 53.1 Å². The van der Waals surface area contributed by atoms with Crippen molar-refractivity contribution in [3.05, 3.63) is 30.4 Å². The van der Waals surface area contributed by atoms with Crippen LogP contribution in [0.4, 0.5) is 5.00 Å². The average Bonchev–Trinajstić information content (AvgIpc) is 3.59. The first kappa shape index (κ1) is 23.4. The van der Waals surface area contributed by atoms with Crippen LogP contribution in [-0.4, -0.2) is 74.0 Å². The van der Waals surface area contributed by atoms with Crippen LogP contribution in [0.1, 0.15) is 51.5 Å². The Hall–Kier alpha value is -2.98. The minimum Gasteiger partial charge on any atom is -0.493 e. The number of nitrogens with one attached hydrogen (secondary N) is 1. The maximum atomic E-state index is 5.58. The van der Waals surface area contributed by atoms with Gasteiger partial charge in [-0.1, -0.05) is 31.6 Å². The number of aromatic nitrogens is 6. The van der Waals surface area contributed by atoms with E-state index in [1.165, 1.54) is 37.1 Å². The molecule has 1 aliphatic heterocycles. The highest BCUT2D eigenvalue weighted by Gasteiger charge is 2.29. The molecule has 1 aliphatic carbocycles. The fourth-order valence-corrected chi connectivity index (χ4v) is 6.60. The molecule has 0 bridgehead atoms. The van der Waals surface area contributed by atoms with Crippen LogP contribution in [0.15, 0.2) is 24.8 Å². The highest BCUT2D eigenvalue weighted by atomic mass is 32.1. The molecular weight excluding hydrogens is 472 g/mol. The number of thiazole rings is 1. The quantitative estimate of drug-likeness (QED) is 0.389. The molecule has 1 saturated heterocycles. The van der Waals surface area contributed by atoms with Crippen molar-refractivity contribution in [3.8, 4) is 27.7 Å². The molecule has 36 heavy (non-hydrogen) atoms. The normalized spacial score (nSPS) is 19.4. The van der Waals surface area contributed by atoms with E-state index in [1.807, 2.05) is 18.5 Å². The zero-order chi connectivity index (χ0) is 24.8. The summed E-state index contributed by atoms with van der Waals surface area (Å²) in [6.45, 7) is 11.3. The van der Waals surface area contributed by atoms with E-state index in [0.29, 0.717) is 17.4 Å². The minimum atomic E-state index is 0.257. The van der Waals surface area contributed by atoms with Gasteiger partial charge in [-0.05, 0) is 37.7 Å². The van der Waals surface area contributed by atoms with Crippen molar-refractivity contribution in [2.75, 3.05) is 38.2 Å². The summed E-state index contributed by atoms with van der Waals surface area (Å²) in [5.74, 6) is 1.86. The van der Waals surface area contributed by atoms with Crippen molar-refractivity contribution >= 4 is 22.0 Å². The minimum absolute atomic E-state index is 0.257. The fraction of sp³-hybridized carbons (Fsp3) is 0.538. The smallest absolute Gasteiger partial charge is 0.197 e. The summed E-state index contributed by atoms with van der Waals surface area (Å²) < 4.78 is 7.32. The van der Waals surface area contributed by atoms with Crippen LogP contribution in [-0.2, 0) is 0 Å². The van der Waals surface area contributed by atoms with Crippen LogP contribution in [0.5, 0.6) is 5.75 Å². The number of methoxy groups -OCH3 is 1. The first-order chi connectivity index (χ1) is 17.5. The van der Waals surface area contributed by atoms with Crippen molar-refractivity contribution < 1.29 is 4.74 Å². The van der Waals surface area contributed by atoms with Gasteiger partial charge in [-0.25, -0.2) is 14.5 Å². The SMILES string of the molecule is COc1cc(-c2[nH]nc(-c3ncc(N4CCN(CC5CCC5)CC4C)s3)c2C(C)C)cn2ncnc12. The third-order valence-corrected chi connectivity index (χ3v) is 8.70. The first-order valence-electron chi connectivity index (χ1n) is 12.9. The lowest BCUT2D eigenvalue weighted by molar-refractivity contribution is 0.156. The van der Waals surface area contributed by atoms with Gasteiger partial charge in [0.2, 0.25) is 0 Å². The largest absolute Gasteiger partial charge is 0.493 e. The molecule has 0 spiro atoms. The van der Waals surface area contributed by atoms with Crippen molar-refractivity contribution in [1.29, 1.82) is 0 Å². The fourth-order valence-electron chi connectivity index (χ4n) is 5.55. The van der Waals surface area contributed by atoms with Crippen LogP contribution >= 0.6 is 11.3 Å².